The first kappa shape index (κ1) is 13.5. The zero-order valence-electron chi connectivity index (χ0n) is 10.8. The third-order valence-electron chi connectivity index (χ3n) is 2.42. The van der Waals surface area contributed by atoms with E-state index in [1.54, 1.807) is 24.3 Å². The van der Waals surface area contributed by atoms with Gasteiger partial charge in [-0.3, -0.25) is 4.79 Å². The third kappa shape index (κ3) is 3.09. The van der Waals surface area contributed by atoms with Crippen molar-refractivity contribution in [2.45, 2.75) is 6.92 Å². The Balaban J connectivity index is 2.24. The number of carbonyl (C=O) groups is 1. The minimum absolute atomic E-state index is 0.0934. The summed E-state index contributed by atoms with van der Waals surface area (Å²) in [4.78, 5) is 19.5. The molecule has 1 amide bonds. The maximum Gasteiger partial charge on any atom is 0.256 e. The smallest absolute Gasteiger partial charge is 0.256 e. The number of nitrogens with zero attached hydrogens (tertiary/aromatic N) is 3. The Kier molecular flexibility index (Phi) is 4.24. The van der Waals surface area contributed by atoms with Gasteiger partial charge in [0.15, 0.2) is 0 Å². The molecule has 0 spiro atoms. The van der Waals surface area contributed by atoms with Gasteiger partial charge in [-0.05, 0) is 25.1 Å². The van der Waals surface area contributed by atoms with Gasteiger partial charge in [0.2, 0.25) is 5.69 Å². The summed E-state index contributed by atoms with van der Waals surface area (Å²) in [5, 5.41) is 11.6. The lowest BCUT2D eigenvalue weighted by atomic mass is 10.2. The summed E-state index contributed by atoms with van der Waals surface area (Å²) in [5.74, 6) is 0.353. The molecule has 0 aliphatic heterocycles. The zero-order valence-corrected chi connectivity index (χ0v) is 10.8. The van der Waals surface area contributed by atoms with Crippen LogP contribution in [0.25, 0.3) is 0 Å². The van der Waals surface area contributed by atoms with Crippen LogP contribution in [0, 0.1) is 11.3 Å². The lowest BCUT2D eigenvalue weighted by Gasteiger charge is -2.07. The van der Waals surface area contributed by atoms with Gasteiger partial charge in [-0.1, -0.05) is 6.07 Å². The Labute approximate surface area is 116 Å². The number of carbonyl (C=O) groups excluding carboxylic acids is 1. The molecule has 6 heteroatoms. The number of nitrogens with one attached hydrogen (secondary N) is 1. The van der Waals surface area contributed by atoms with Gasteiger partial charge >= 0.3 is 0 Å². The van der Waals surface area contributed by atoms with Gasteiger partial charge in [-0.2, -0.15) is 5.26 Å². The first-order chi connectivity index (χ1) is 9.74. The van der Waals surface area contributed by atoms with Crippen molar-refractivity contribution in [2.75, 3.05) is 6.54 Å². The van der Waals surface area contributed by atoms with Crippen molar-refractivity contribution >= 4 is 5.91 Å². The molecule has 20 heavy (non-hydrogen) atoms. The van der Waals surface area contributed by atoms with E-state index in [2.05, 4.69) is 15.3 Å². The lowest BCUT2D eigenvalue weighted by molar-refractivity contribution is 0.0955. The van der Waals surface area contributed by atoms with E-state index in [1.165, 1.54) is 12.4 Å². The molecule has 0 bridgehead atoms. The van der Waals surface area contributed by atoms with Crippen LogP contribution in [0.1, 0.15) is 23.0 Å². The molecule has 0 atom stereocenters. The maximum atomic E-state index is 11.7. The summed E-state index contributed by atoms with van der Waals surface area (Å²) < 4.78 is 5.49. The average molecular weight is 268 g/mol. The molecule has 1 N–H and O–H groups in total. The number of amides is 1. The Bertz CT molecular complexity index is 664. The van der Waals surface area contributed by atoms with E-state index in [-0.39, 0.29) is 17.5 Å². The van der Waals surface area contributed by atoms with Gasteiger partial charge in [0.25, 0.3) is 11.8 Å². The highest BCUT2D eigenvalue weighted by Crippen LogP contribution is 2.22. The van der Waals surface area contributed by atoms with Crippen LogP contribution in [-0.2, 0) is 0 Å². The average Bonchev–Trinajstić information content (AvgIpc) is 2.48. The fourth-order valence-electron chi connectivity index (χ4n) is 1.55. The van der Waals surface area contributed by atoms with Crippen molar-refractivity contribution in [3.05, 3.63) is 47.9 Å². The predicted octanol–water partition coefficient (Wildman–Crippen LogP) is 1.89. The van der Waals surface area contributed by atoms with Crippen molar-refractivity contribution in [1.82, 2.24) is 15.3 Å². The number of benzene rings is 1. The van der Waals surface area contributed by atoms with E-state index in [4.69, 9.17) is 10.00 Å². The molecule has 1 aromatic carbocycles. The van der Waals surface area contributed by atoms with Crippen LogP contribution in [0.2, 0.25) is 0 Å². The summed E-state index contributed by atoms with van der Waals surface area (Å²) in [6, 6.07) is 8.54. The van der Waals surface area contributed by atoms with Crippen molar-refractivity contribution in [2.24, 2.45) is 0 Å². The first-order valence-corrected chi connectivity index (χ1v) is 6.01. The van der Waals surface area contributed by atoms with Crippen LogP contribution in [0.3, 0.4) is 0 Å². The molecule has 0 unspecified atom stereocenters. The van der Waals surface area contributed by atoms with E-state index in [0.29, 0.717) is 17.9 Å². The topological polar surface area (TPSA) is 87.9 Å². The molecule has 6 nitrogen and oxygen atoms in total. The van der Waals surface area contributed by atoms with E-state index < -0.39 is 0 Å². The second kappa shape index (κ2) is 6.29. The van der Waals surface area contributed by atoms with Crippen LogP contribution < -0.4 is 10.1 Å². The Morgan fingerprint density at radius 1 is 1.40 bits per heavy atom. The van der Waals surface area contributed by atoms with Crippen molar-refractivity contribution in [3.63, 3.8) is 0 Å². The predicted molar refractivity (Wildman–Crippen MR) is 71.3 cm³/mol. The minimum Gasteiger partial charge on any atom is -0.436 e. The minimum atomic E-state index is -0.183. The summed E-state index contributed by atoms with van der Waals surface area (Å²) in [7, 11) is 0. The van der Waals surface area contributed by atoms with E-state index in [0.717, 1.165) is 0 Å². The summed E-state index contributed by atoms with van der Waals surface area (Å²) in [6.45, 7) is 2.39. The summed E-state index contributed by atoms with van der Waals surface area (Å²) >= 11 is 0. The second-order valence-corrected chi connectivity index (χ2v) is 3.81. The fourth-order valence-corrected chi connectivity index (χ4v) is 1.55. The molecule has 0 radical (unpaired) electrons. The van der Waals surface area contributed by atoms with Crippen molar-refractivity contribution < 1.29 is 9.53 Å². The largest absolute Gasteiger partial charge is 0.436 e. The highest BCUT2D eigenvalue weighted by Gasteiger charge is 2.09. The molecule has 2 rings (SSSR count). The van der Waals surface area contributed by atoms with Crippen molar-refractivity contribution in [3.8, 4) is 17.7 Å². The number of ether oxygens (including phenoxy) is 1. The number of rotatable bonds is 4. The Hall–Kier alpha value is -2.94. The van der Waals surface area contributed by atoms with Gasteiger partial charge < -0.3 is 10.1 Å². The molecule has 1 aromatic heterocycles. The normalized spacial score (nSPS) is 9.60. The van der Waals surface area contributed by atoms with Gasteiger partial charge in [-0.25, -0.2) is 9.97 Å². The van der Waals surface area contributed by atoms with Crippen LogP contribution in [0.5, 0.6) is 11.6 Å². The molecular weight excluding hydrogens is 256 g/mol. The maximum absolute atomic E-state index is 11.7. The summed E-state index contributed by atoms with van der Waals surface area (Å²) in [6.07, 6.45) is 2.85. The highest BCUT2D eigenvalue weighted by atomic mass is 16.5. The van der Waals surface area contributed by atoms with Crippen LogP contribution in [0.4, 0.5) is 0 Å². The van der Waals surface area contributed by atoms with Crippen LogP contribution in [-0.4, -0.2) is 22.4 Å². The monoisotopic (exact) mass is 268 g/mol. The van der Waals surface area contributed by atoms with Gasteiger partial charge in [-0.15, -0.1) is 0 Å². The SMILES string of the molecule is CCNC(=O)c1cccc(Oc2nccnc2C#N)c1. The molecule has 0 fully saturated rings. The quantitative estimate of drug-likeness (QED) is 0.914. The Morgan fingerprint density at radius 3 is 2.95 bits per heavy atom. The number of hydrogen-bond donors (Lipinski definition) is 1. The molecule has 0 aliphatic carbocycles. The molecule has 0 saturated heterocycles. The summed E-state index contributed by atoms with van der Waals surface area (Å²) in [5.41, 5.74) is 0.572. The Morgan fingerprint density at radius 2 is 2.20 bits per heavy atom. The fraction of sp³-hybridized carbons (Fsp3) is 0.143. The van der Waals surface area contributed by atoms with E-state index >= 15 is 0 Å². The number of nitriles is 1. The van der Waals surface area contributed by atoms with E-state index in [9.17, 15) is 4.79 Å². The number of aromatic nitrogens is 2. The zero-order chi connectivity index (χ0) is 14.4. The number of hydrogen-bond acceptors (Lipinski definition) is 5. The van der Waals surface area contributed by atoms with Gasteiger partial charge in [0, 0.05) is 24.5 Å². The molecule has 0 saturated carbocycles. The standard InChI is InChI=1S/C14H12N4O2/c1-2-16-13(19)10-4-3-5-11(8-10)20-14-12(9-15)17-6-7-18-14/h3-8H,2H2,1H3,(H,16,19). The molecule has 1 heterocycles. The van der Waals surface area contributed by atoms with Crippen LogP contribution >= 0.6 is 0 Å². The molecule has 0 aliphatic rings. The van der Waals surface area contributed by atoms with Crippen LogP contribution in [0.15, 0.2) is 36.7 Å². The van der Waals surface area contributed by atoms with Gasteiger partial charge in [0.1, 0.15) is 11.8 Å². The molecule has 100 valence electrons. The molecular formula is C14H12N4O2. The molecule has 2 aromatic rings. The lowest BCUT2D eigenvalue weighted by Crippen LogP contribution is -2.22. The van der Waals surface area contributed by atoms with Gasteiger partial charge in [0.05, 0.1) is 0 Å². The van der Waals surface area contributed by atoms with Crippen molar-refractivity contribution in [1.29, 1.82) is 5.26 Å². The first-order valence-electron chi connectivity index (χ1n) is 6.01. The highest BCUT2D eigenvalue weighted by molar-refractivity contribution is 5.94. The van der Waals surface area contributed by atoms with E-state index in [1.807, 2.05) is 13.0 Å². The second-order valence-electron chi connectivity index (χ2n) is 3.81. The third-order valence-corrected chi connectivity index (χ3v) is 2.42.